The molecule has 0 aromatic heterocycles. The molecule has 1 heterocycles. The molecule has 1 aliphatic rings. The first-order valence-electron chi connectivity index (χ1n) is 8.88. The molecule has 5 nitrogen and oxygen atoms in total. The number of ether oxygens (including phenoxy) is 1. The van der Waals surface area contributed by atoms with Gasteiger partial charge in [0.2, 0.25) is 0 Å². The number of rotatable bonds is 1. The number of hydrogen-bond acceptors (Lipinski definition) is 5. The van der Waals surface area contributed by atoms with Crippen LogP contribution in [-0.4, -0.2) is 34.3 Å². The number of carbonyl (C=O) groups is 3. The Hall–Kier alpha value is -1.75. The fraction of sp³-hybridized carbons (Fsp3) is 0.650. The molecule has 0 spiro atoms. The van der Waals surface area contributed by atoms with Crippen LogP contribution in [0.4, 0.5) is 0 Å². The molecule has 1 aliphatic heterocycles. The molecule has 0 radical (unpaired) electrons. The van der Waals surface area contributed by atoms with Crippen LogP contribution in [0.25, 0.3) is 0 Å². The fourth-order valence-electron chi connectivity index (χ4n) is 3.08. The Labute approximate surface area is 150 Å². The van der Waals surface area contributed by atoms with Gasteiger partial charge in [-0.05, 0) is 57.3 Å². The number of aliphatic hydroxyl groups is 1. The van der Waals surface area contributed by atoms with Crippen molar-refractivity contribution in [3.63, 3.8) is 0 Å². The molecule has 0 fully saturated rings. The lowest BCUT2D eigenvalue weighted by atomic mass is 9.88. The topological polar surface area (TPSA) is 80.7 Å². The summed E-state index contributed by atoms with van der Waals surface area (Å²) in [4.78, 5) is 37.1. The zero-order valence-electron chi connectivity index (χ0n) is 16.0. The zero-order valence-corrected chi connectivity index (χ0v) is 16.0. The zero-order chi connectivity index (χ0) is 19.4. The average molecular weight is 350 g/mol. The molecule has 0 amide bonds. The normalized spacial score (nSPS) is 39.2. The minimum absolute atomic E-state index is 0.0198. The SMILES string of the molecule is CC[C@H]1OC(=O)[C@H](C)C(=O)/C(C)=C/[C@@H](C)C[C@@H](C)C(=O)/C=C/[C@]1(C)O. The van der Waals surface area contributed by atoms with Gasteiger partial charge in [0.15, 0.2) is 11.6 Å². The summed E-state index contributed by atoms with van der Waals surface area (Å²) < 4.78 is 5.38. The summed E-state index contributed by atoms with van der Waals surface area (Å²) in [6, 6.07) is 0. The van der Waals surface area contributed by atoms with Crippen molar-refractivity contribution in [2.24, 2.45) is 17.8 Å². The van der Waals surface area contributed by atoms with Crippen molar-refractivity contribution in [2.75, 3.05) is 0 Å². The summed E-state index contributed by atoms with van der Waals surface area (Å²) in [5, 5.41) is 10.6. The highest BCUT2D eigenvalue weighted by Gasteiger charge is 2.35. The smallest absolute Gasteiger partial charge is 0.316 e. The minimum atomic E-state index is -1.48. The minimum Gasteiger partial charge on any atom is -0.458 e. The lowest BCUT2D eigenvalue weighted by molar-refractivity contribution is -0.165. The van der Waals surface area contributed by atoms with Crippen LogP contribution >= 0.6 is 0 Å². The predicted molar refractivity (Wildman–Crippen MR) is 95.8 cm³/mol. The van der Waals surface area contributed by atoms with Gasteiger partial charge < -0.3 is 9.84 Å². The highest BCUT2D eigenvalue weighted by atomic mass is 16.6. The summed E-state index contributed by atoms with van der Waals surface area (Å²) in [7, 11) is 0. The Balaban J connectivity index is 3.26. The Morgan fingerprint density at radius 1 is 1.24 bits per heavy atom. The number of esters is 1. The average Bonchev–Trinajstić information content (AvgIpc) is 2.54. The predicted octanol–water partition coefficient (Wildman–Crippen LogP) is 3.01. The van der Waals surface area contributed by atoms with E-state index < -0.39 is 23.6 Å². The third-order valence-electron chi connectivity index (χ3n) is 4.75. The molecule has 0 aromatic rings. The van der Waals surface area contributed by atoms with E-state index in [1.54, 1.807) is 19.9 Å². The molecule has 0 unspecified atom stereocenters. The first-order valence-corrected chi connectivity index (χ1v) is 8.88. The molecule has 5 heteroatoms. The summed E-state index contributed by atoms with van der Waals surface area (Å²) in [6.45, 7) is 10.2. The monoisotopic (exact) mass is 350 g/mol. The van der Waals surface area contributed by atoms with Gasteiger partial charge in [-0.2, -0.15) is 0 Å². The van der Waals surface area contributed by atoms with Crippen LogP contribution in [-0.2, 0) is 19.1 Å². The van der Waals surface area contributed by atoms with Crippen molar-refractivity contribution in [2.45, 2.75) is 66.1 Å². The van der Waals surface area contributed by atoms with Gasteiger partial charge in [0, 0.05) is 5.92 Å². The van der Waals surface area contributed by atoms with Gasteiger partial charge in [0.25, 0.3) is 0 Å². The van der Waals surface area contributed by atoms with Crippen molar-refractivity contribution >= 4 is 17.5 Å². The number of cyclic esters (lactones) is 1. The van der Waals surface area contributed by atoms with Crippen molar-refractivity contribution in [1.82, 2.24) is 0 Å². The third-order valence-corrected chi connectivity index (χ3v) is 4.75. The van der Waals surface area contributed by atoms with Crippen LogP contribution in [0.1, 0.15) is 54.4 Å². The maximum Gasteiger partial charge on any atom is 0.316 e. The molecule has 1 rings (SSSR count). The number of carbonyl (C=O) groups excluding carboxylic acids is 3. The van der Waals surface area contributed by atoms with E-state index in [1.165, 1.54) is 26.0 Å². The number of ketones is 2. The summed E-state index contributed by atoms with van der Waals surface area (Å²) in [5.74, 6) is -2.20. The standard InChI is InChI=1S/C20H30O5/c1-7-17-20(6,24)9-8-16(21)13(3)10-12(2)11-14(4)18(22)15(5)19(23)25-17/h8-9,11-13,15,17,24H,7,10H2,1-6H3/b9-8+,14-11+/t12-,13+,15+,17+,20-/m0/s1. The Morgan fingerprint density at radius 2 is 1.84 bits per heavy atom. The maximum atomic E-state index is 12.5. The van der Waals surface area contributed by atoms with Gasteiger partial charge in [0.1, 0.15) is 17.6 Å². The van der Waals surface area contributed by atoms with E-state index in [4.69, 9.17) is 4.74 Å². The van der Waals surface area contributed by atoms with Crippen LogP contribution in [0.15, 0.2) is 23.8 Å². The number of Topliss-reactive ketones (excluding diaryl/α,β-unsaturated/α-hetero) is 1. The van der Waals surface area contributed by atoms with E-state index in [0.717, 1.165) is 0 Å². The number of allylic oxidation sites excluding steroid dienone is 3. The molecule has 25 heavy (non-hydrogen) atoms. The fourth-order valence-corrected chi connectivity index (χ4v) is 3.08. The Kier molecular flexibility index (Phi) is 7.29. The van der Waals surface area contributed by atoms with Crippen molar-refractivity contribution in [3.05, 3.63) is 23.8 Å². The molecule has 1 N–H and O–H groups in total. The molecule has 5 atom stereocenters. The van der Waals surface area contributed by atoms with E-state index in [2.05, 4.69) is 0 Å². The van der Waals surface area contributed by atoms with Crippen LogP contribution < -0.4 is 0 Å². The Morgan fingerprint density at radius 3 is 2.40 bits per heavy atom. The quantitative estimate of drug-likeness (QED) is 0.581. The maximum absolute atomic E-state index is 12.5. The lowest BCUT2D eigenvalue weighted by Gasteiger charge is -2.30. The molecule has 0 saturated heterocycles. The van der Waals surface area contributed by atoms with E-state index in [-0.39, 0.29) is 23.4 Å². The molecular weight excluding hydrogens is 320 g/mol. The van der Waals surface area contributed by atoms with Crippen molar-refractivity contribution < 1.29 is 24.2 Å². The molecule has 0 saturated carbocycles. The first kappa shape index (κ1) is 21.3. The highest BCUT2D eigenvalue weighted by Crippen LogP contribution is 2.23. The van der Waals surface area contributed by atoms with Gasteiger partial charge >= 0.3 is 5.97 Å². The van der Waals surface area contributed by atoms with Crippen LogP contribution in [0.2, 0.25) is 0 Å². The number of hydrogen-bond donors (Lipinski definition) is 1. The van der Waals surface area contributed by atoms with Crippen molar-refractivity contribution in [1.29, 1.82) is 0 Å². The van der Waals surface area contributed by atoms with E-state index in [1.807, 2.05) is 13.8 Å². The van der Waals surface area contributed by atoms with Gasteiger partial charge in [-0.15, -0.1) is 0 Å². The first-order chi connectivity index (χ1) is 11.5. The molecule has 0 bridgehead atoms. The van der Waals surface area contributed by atoms with Crippen LogP contribution in [0, 0.1) is 17.8 Å². The summed E-state index contributed by atoms with van der Waals surface area (Å²) in [6.07, 6.45) is 4.67. The second-order valence-corrected chi connectivity index (χ2v) is 7.34. The Bertz CT molecular complexity index is 585. The van der Waals surface area contributed by atoms with E-state index >= 15 is 0 Å². The largest absolute Gasteiger partial charge is 0.458 e. The second-order valence-electron chi connectivity index (χ2n) is 7.34. The van der Waals surface area contributed by atoms with Gasteiger partial charge in [-0.3, -0.25) is 14.4 Å². The third kappa shape index (κ3) is 5.63. The molecular formula is C20H30O5. The van der Waals surface area contributed by atoms with Gasteiger partial charge in [0.05, 0.1) is 0 Å². The molecule has 0 aliphatic carbocycles. The molecule has 0 aromatic carbocycles. The van der Waals surface area contributed by atoms with Gasteiger partial charge in [-0.25, -0.2) is 0 Å². The summed E-state index contributed by atoms with van der Waals surface area (Å²) >= 11 is 0. The highest BCUT2D eigenvalue weighted by molar-refractivity contribution is 6.07. The van der Waals surface area contributed by atoms with Crippen LogP contribution in [0.3, 0.4) is 0 Å². The van der Waals surface area contributed by atoms with E-state index in [9.17, 15) is 19.5 Å². The van der Waals surface area contributed by atoms with Gasteiger partial charge in [-0.1, -0.05) is 26.8 Å². The summed E-state index contributed by atoms with van der Waals surface area (Å²) in [5.41, 5.74) is -0.993. The van der Waals surface area contributed by atoms with Crippen LogP contribution in [0.5, 0.6) is 0 Å². The van der Waals surface area contributed by atoms with E-state index in [0.29, 0.717) is 18.4 Å². The van der Waals surface area contributed by atoms with Crippen molar-refractivity contribution in [3.8, 4) is 0 Å². The lowest BCUT2D eigenvalue weighted by Crippen LogP contribution is -2.42. The molecule has 140 valence electrons. The second kappa shape index (κ2) is 8.56.